The molecule has 1 unspecified atom stereocenters. The van der Waals surface area contributed by atoms with Gasteiger partial charge in [-0.1, -0.05) is 0 Å². The summed E-state index contributed by atoms with van der Waals surface area (Å²) in [7, 11) is 0. The van der Waals surface area contributed by atoms with E-state index in [1.54, 1.807) is 25.3 Å². The van der Waals surface area contributed by atoms with Crippen molar-refractivity contribution in [3.63, 3.8) is 0 Å². The molecule has 1 aromatic heterocycles. The number of likely N-dealkylation sites (tertiary alicyclic amines) is 1. The average molecular weight is 319 g/mol. The van der Waals surface area contributed by atoms with E-state index in [2.05, 4.69) is 10.3 Å². The van der Waals surface area contributed by atoms with Crippen molar-refractivity contribution in [1.29, 1.82) is 0 Å². The van der Waals surface area contributed by atoms with Gasteiger partial charge in [-0.15, -0.1) is 0 Å². The molecular formula is C16H21N3O4. The molecule has 1 aliphatic heterocycles. The van der Waals surface area contributed by atoms with Crippen LogP contribution in [0.4, 0.5) is 5.82 Å². The third-order valence-corrected chi connectivity index (χ3v) is 3.68. The first-order valence-electron chi connectivity index (χ1n) is 7.70. The average Bonchev–Trinajstić information content (AvgIpc) is 2.54. The van der Waals surface area contributed by atoms with Crippen LogP contribution in [-0.4, -0.2) is 47.4 Å². The Bertz CT molecular complexity index is 603. The molecule has 7 heteroatoms. The fourth-order valence-electron chi connectivity index (χ4n) is 2.53. The number of carbonyl (C=O) groups excluding carboxylic acids is 3. The van der Waals surface area contributed by atoms with Crippen LogP contribution in [0.15, 0.2) is 18.3 Å². The van der Waals surface area contributed by atoms with E-state index in [9.17, 15) is 14.4 Å². The molecule has 0 bridgehead atoms. The molecule has 23 heavy (non-hydrogen) atoms. The number of nitrogens with zero attached hydrogens (tertiary/aromatic N) is 2. The molecule has 1 N–H and O–H groups in total. The normalized spacial score (nSPS) is 17.5. The molecule has 7 nitrogen and oxygen atoms in total. The van der Waals surface area contributed by atoms with Crippen LogP contribution in [0.25, 0.3) is 0 Å². The van der Waals surface area contributed by atoms with E-state index in [0.717, 1.165) is 5.56 Å². The second-order valence-corrected chi connectivity index (χ2v) is 5.51. The first-order valence-corrected chi connectivity index (χ1v) is 7.70. The lowest BCUT2D eigenvalue weighted by molar-refractivity contribution is -0.153. The molecule has 1 atom stereocenters. The van der Waals surface area contributed by atoms with Crippen molar-refractivity contribution in [1.82, 2.24) is 9.88 Å². The standard InChI is InChI=1S/C16H21N3O4/c1-3-23-16(22)12-5-4-8-19(10-12)15(21)14(20)18-13-9-11(2)6-7-17-13/h6-7,9,12H,3-5,8,10H2,1-2H3,(H,17,18,20). The van der Waals surface area contributed by atoms with Crippen LogP contribution in [0.2, 0.25) is 0 Å². The van der Waals surface area contributed by atoms with Crippen LogP contribution in [0, 0.1) is 12.8 Å². The van der Waals surface area contributed by atoms with Crippen molar-refractivity contribution in [2.45, 2.75) is 26.7 Å². The Morgan fingerprint density at radius 3 is 2.91 bits per heavy atom. The second-order valence-electron chi connectivity index (χ2n) is 5.51. The van der Waals surface area contributed by atoms with Crippen molar-refractivity contribution in [2.24, 2.45) is 5.92 Å². The van der Waals surface area contributed by atoms with Gasteiger partial charge in [0.25, 0.3) is 0 Å². The molecule has 2 amide bonds. The van der Waals surface area contributed by atoms with Gasteiger partial charge in [-0.3, -0.25) is 14.4 Å². The Kier molecular flexibility index (Phi) is 5.67. The lowest BCUT2D eigenvalue weighted by Crippen LogP contribution is -2.47. The van der Waals surface area contributed by atoms with Crippen LogP contribution >= 0.6 is 0 Å². The molecule has 0 aromatic carbocycles. The quantitative estimate of drug-likeness (QED) is 0.666. The van der Waals surface area contributed by atoms with Crippen LogP contribution in [0.1, 0.15) is 25.3 Å². The van der Waals surface area contributed by atoms with Crippen LogP contribution in [-0.2, 0) is 19.1 Å². The maximum atomic E-state index is 12.2. The number of esters is 1. The Hall–Kier alpha value is -2.44. The number of ether oxygens (including phenoxy) is 1. The highest BCUT2D eigenvalue weighted by Crippen LogP contribution is 2.18. The van der Waals surface area contributed by atoms with E-state index in [0.29, 0.717) is 31.8 Å². The van der Waals surface area contributed by atoms with Crippen molar-refractivity contribution in [3.05, 3.63) is 23.9 Å². The van der Waals surface area contributed by atoms with Crippen molar-refractivity contribution in [3.8, 4) is 0 Å². The number of amides is 2. The largest absolute Gasteiger partial charge is 0.466 e. The SMILES string of the molecule is CCOC(=O)C1CCCN(C(=O)C(=O)Nc2cc(C)ccn2)C1. The predicted octanol–water partition coefficient (Wildman–Crippen LogP) is 1.13. The highest BCUT2D eigenvalue weighted by molar-refractivity contribution is 6.39. The van der Waals surface area contributed by atoms with Gasteiger partial charge in [-0.25, -0.2) is 4.98 Å². The van der Waals surface area contributed by atoms with Gasteiger partial charge in [-0.2, -0.15) is 0 Å². The number of nitrogens with one attached hydrogen (secondary N) is 1. The van der Waals surface area contributed by atoms with Gasteiger partial charge in [0.1, 0.15) is 5.82 Å². The molecule has 0 spiro atoms. The van der Waals surface area contributed by atoms with Gasteiger partial charge in [0.15, 0.2) is 0 Å². The van der Waals surface area contributed by atoms with Gasteiger partial charge < -0.3 is 15.0 Å². The summed E-state index contributed by atoms with van der Waals surface area (Å²) in [4.78, 5) is 41.5. The van der Waals surface area contributed by atoms with Gasteiger partial charge >= 0.3 is 17.8 Å². The number of piperidine rings is 1. The van der Waals surface area contributed by atoms with Crippen molar-refractivity contribution >= 4 is 23.6 Å². The molecular weight excluding hydrogens is 298 g/mol. The van der Waals surface area contributed by atoms with Crippen LogP contribution in [0.3, 0.4) is 0 Å². The summed E-state index contributed by atoms with van der Waals surface area (Å²) in [5.41, 5.74) is 0.933. The summed E-state index contributed by atoms with van der Waals surface area (Å²) >= 11 is 0. The summed E-state index contributed by atoms with van der Waals surface area (Å²) in [6.07, 6.45) is 2.90. The number of carbonyl (C=O) groups is 3. The zero-order valence-corrected chi connectivity index (χ0v) is 13.4. The number of hydrogen-bond acceptors (Lipinski definition) is 5. The number of aromatic nitrogens is 1. The van der Waals surface area contributed by atoms with Crippen LogP contribution < -0.4 is 5.32 Å². The monoisotopic (exact) mass is 319 g/mol. The van der Waals surface area contributed by atoms with E-state index in [1.165, 1.54) is 4.90 Å². The topological polar surface area (TPSA) is 88.6 Å². The van der Waals surface area contributed by atoms with Gasteiger partial charge in [0.2, 0.25) is 0 Å². The minimum Gasteiger partial charge on any atom is -0.466 e. The highest BCUT2D eigenvalue weighted by atomic mass is 16.5. The number of anilines is 1. The first-order chi connectivity index (χ1) is 11.0. The fraction of sp³-hybridized carbons (Fsp3) is 0.500. The highest BCUT2D eigenvalue weighted by Gasteiger charge is 2.32. The van der Waals surface area contributed by atoms with Gasteiger partial charge in [0, 0.05) is 19.3 Å². The lowest BCUT2D eigenvalue weighted by atomic mass is 9.98. The number of pyridine rings is 1. The molecule has 0 aliphatic carbocycles. The van der Waals surface area contributed by atoms with Crippen LogP contribution in [0.5, 0.6) is 0 Å². The summed E-state index contributed by atoms with van der Waals surface area (Å²) in [6, 6.07) is 3.48. The molecule has 2 rings (SSSR count). The summed E-state index contributed by atoms with van der Waals surface area (Å²) in [5, 5.41) is 2.49. The Morgan fingerprint density at radius 1 is 1.43 bits per heavy atom. The third kappa shape index (κ3) is 4.51. The molecule has 124 valence electrons. The maximum absolute atomic E-state index is 12.2. The fourth-order valence-corrected chi connectivity index (χ4v) is 2.53. The Labute approximate surface area is 135 Å². The molecule has 0 radical (unpaired) electrons. The Balaban J connectivity index is 1.96. The van der Waals surface area contributed by atoms with E-state index < -0.39 is 11.8 Å². The first kappa shape index (κ1) is 16.9. The minimum absolute atomic E-state index is 0.215. The minimum atomic E-state index is -0.743. The lowest BCUT2D eigenvalue weighted by Gasteiger charge is -2.30. The van der Waals surface area contributed by atoms with E-state index in [-0.39, 0.29) is 18.4 Å². The van der Waals surface area contributed by atoms with Crippen molar-refractivity contribution < 1.29 is 19.1 Å². The second kappa shape index (κ2) is 7.71. The summed E-state index contributed by atoms with van der Waals surface area (Å²) in [5.74, 6) is -1.74. The summed E-state index contributed by atoms with van der Waals surface area (Å²) < 4.78 is 4.99. The molecule has 1 saturated heterocycles. The van der Waals surface area contributed by atoms with E-state index >= 15 is 0 Å². The number of rotatable bonds is 3. The zero-order chi connectivity index (χ0) is 16.8. The smallest absolute Gasteiger partial charge is 0.315 e. The zero-order valence-electron chi connectivity index (χ0n) is 13.4. The molecule has 1 aliphatic rings. The van der Waals surface area contributed by atoms with Gasteiger partial charge in [-0.05, 0) is 44.4 Å². The number of hydrogen-bond donors (Lipinski definition) is 1. The van der Waals surface area contributed by atoms with E-state index in [4.69, 9.17) is 4.74 Å². The maximum Gasteiger partial charge on any atom is 0.315 e. The van der Waals surface area contributed by atoms with Crippen molar-refractivity contribution in [2.75, 3.05) is 25.0 Å². The Morgan fingerprint density at radius 2 is 2.22 bits per heavy atom. The molecule has 0 saturated carbocycles. The predicted molar refractivity (Wildman–Crippen MR) is 83.5 cm³/mol. The molecule has 1 aromatic rings. The molecule has 2 heterocycles. The summed E-state index contributed by atoms with van der Waals surface area (Å²) in [6.45, 7) is 4.60. The van der Waals surface area contributed by atoms with E-state index in [1.807, 2.05) is 6.92 Å². The third-order valence-electron chi connectivity index (χ3n) is 3.68. The molecule has 1 fully saturated rings. The number of aryl methyl sites for hydroxylation is 1. The van der Waals surface area contributed by atoms with Gasteiger partial charge in [0.05, 0.1) is 12.5 Å².